The van der Waals surface area contributed by atoms with Gasteiger partial charge in [0, 0.05) is 18.1 Å². The Hall–Kier alpha value is -0.860. The van der Waals surface area contributed by atoms with Crippen molar-refractivity contribution >= 4 is 0 Å². The Morgan fingerprint density at radius 3 is 2.52 bits per heavy atom. The van der Waals surface area contributed by atoms with Crippen molar-refractivity contribution in [3.05, 3.63) is 35.9 Å². The molecule has 2 atom stereocenters. The first-order valence-corrected chi connectivity index (χ1v) is 8.65. The molecule has 2 heteroatoms. The van der Waals surface area contributed by atoms with Gasteiger partial charge in [-0.1, -0.05) is 44.2 Å². The predicted molar refractivity (Wildman–Crippen MR) is 89.5 cm³/mol. The smallest absolute Gasteiger partial charge is 0.0576 e. The summed E-state index contributed by atoms with van der Waals surface area (Å²) >= 11 is 0. The van der Waals surface area contributed by atoms with Gasteiger partial charge in [-0.25, -0.2) is 0 Å². The predicted octanol–water partition coefficient (Wildman–Crippen LogP) is 4.42. The summed E-state index contributed by atoms with van der Waals surface area (Å²) in [7, 11) is 0. The standard InChI is InChI=1S/C19H31NO/c1-3-19(4-2,16-10-6-5-7-11-16)18(20)14-8-12-17-13-9-15-21-17/h5-7,10-11,17-18H,3-4,8-9,12-15,20H2,1-2H3. The van der Waals surface area contributed by atoms with Crippen LogP contribution in [-0.4, -0.2) is 18.8 Å². The zero-order valence-electron chi connectivity index (χ0n) is 13.7. The molecule has 1 aromatic carbocycles. The summed E-state index contributed by atoms with van der Waals surface area (Å²) in [6, 6.07) is 11.1. The van der Waals surface area contributed by atoms with Crippen LogP contribution in [0.25, 0.3) is 0 Å². The van der Waals surface area contributed by atoms with Crippen molar-refractivity contribution in [1.29, 1.82) is 0 Å². The van der Waals surface area contributed by atoms with Crippen molar-refractivity contribution < 1.29 is 4.74 Å². The van der Waals surface area contributed by atoms with Gasteiger partial charge in [0.05, 0.1) is 6.10 Å². The fourth-order valence-electron chi connectivity index (χ4n) is 3.88. The van der Waals surface area contributed by atoms with Gasteiger partial charge in [0.15, 0.2) is 0 Å². The third-order valence-electron chi connectivity index (χ3n) is 5.39. The fourth-order valence-corrected chi connectivity index (χ4v) is 3.88. The Morgan fingerprint density at radius 2 is 1.95 bits per heavy atom. The molecular formula is C19H31NO. The quantitative estimate of drug-likeness (QED) is 0.769. The van der Waals surface area contributed by atoms with Crippen LogP contribution >= 0.6 is 0 Å². The topological polar surface area (TPSA) is 35.2 Å². The van der Waals surface area contributed by atoms with Gasteiger partial charge >= 0.3 is 0 Å². The first kappa shape index (κ1) is 16.5. The van der Waals surface area contributed by atoms with Crippen LogP contribution in [-0.2, 0) is 10.2 Å². The lowest BCUT2D eigenvalue weighted by molar-refractivity contribution is 0.100. The van der Waals surface area contributed by atoms with E-state index in [1.54, 1.807) is 0 Å². The van der Waals surface area contributed by atoms with E-state index in [-0.39, 0.29) is 11.5 Å². The minimum atomic E-state index is 0.123. The van der Waals surface area contributed by atoms with Crippen LogP contribution in [0.1, 0.15) is 64.4 Å². The molecule has 0 radical (unpaired) electrons. The molecule has 2 nitrogen and oxygen atoms in total. The first-order valence-electron chi connectivity index (χ1n) is 8.65. The molecule has 1 aromatic rings. The van der Waals surface area contributed by atoms with E-state index in [1.807, 2.05) is 0 Å². The Kier molecular flexibility index (Phi) is 6.25. The van der Waals surface area contributed by atoms with Crippen molar-refractivity contribution in [2.75, 3.05) is 6.61 Å². The van der Waals surface area contributed by atoms with Crippen molar-refractivity contribution in [3.8, 4) is 0 Å². The molecule has 0 spiro atoms. The second-order valence-electron chi connectivity index (χ2n) is 6.40. The maximum Gasteiger partial charge on any atom is 0.0576 e. The second-order valence-corrected chi connectivity index (χ2v) is 6.40. The Labute approximate surface area is 130 Å². The van der Waals surface area contributed by atoms with Gasteiger partial charge in [0.1, 0.15) is 0 Å². The lowest BCUT2D eigenvalue weighted by Crippen LogP contribution is -2.44. The zero-order valence-corrected chi connectivity index (χ0v) is 13.7. The molecule has 1 aliphatic rings. The van der Waals surface area contributed by atoms with Crippen LogP contribution in [0.15, 0.2) is 30.3 Å². The largest absolute Gasteiger partial charge is 0.378 e. The summed E-state index contributed by atoms with van der Waals surface area (Å²) in [6.45, 7) is 5.50. The Balaban J connectivity index is 1.96. The molecule has 2 N–H and O–H groups in total. The van der Waals surface area contributed by atoms with E-state index in [1.165, 1.54) is 31.2 Å². The highest BCUT2D eigenvalue weighted by atomic mass is 16.5. The Morgan fingerprint density at radius 1 is 1.24 bits per heavy atom. The maximum atomic E-state index is 6.65. The van der Waals surface area contributed by atoms with Crippen LogP contribution in [0.4, 0.5) is 0 Å². The van der Waals surface area contributed by atoms with Gasteiger partial charge in [0.25, 0.3) is 0 Å². The van der Waals surface area contributed by atoms with Gasteiger partial charge in [0.2, 0.25) is 0 Å². The van der Waals surface area contributed by atoms with Crippen molar-refractivity contribution in [1.82, 2.24) is 0 Å². The molecule has 2 rings (SSSR count). The van der Waals surface area contributed by atoms with Gasteiger partial charge < -0.3 is 10.5 Å². The molecule has 1 heterocycles. The molecule has 0 aliphatic carbocycles. The van der Waals surface area contributed by atoms with Crippen LogP contribution < -0.4 is 5.73 Å². The maximum absolute atomic E-state index is 6.65. The monoisotopic (exact) mass is 289 g/mol. The molecule has 0 saturated carbocycles. The molecule has 118 valence electrons. The highest BCUT2D eigenvalue weighted by Crippen LogP contribution is 2.36. The Bertz CT molecular complexity index is 393. The average Bonchev–Trinajstić information content (AvgIpc) is 3.03. The molecule has 0 aromatic heterocycles. The van der Waals surface area contributed by atoms with E-state index in [4.69, 9.17) is 10.5 Å². The summed E-state index contributed by atoms with van der Waals surface area (Å²) in [4.78, 5) is 0. The van der Waals surface area contributed by atoms with Crippen LogP contribution in [0.3, 0.4) is 0 Å². The second kappa shape index (κ2) is 7.95. The molecule has 1 fully saturated rings. The third-order valence-corrected chi connectivity index (χ3v) is 5.39. The average molecular weight is 289 g/mol. The van der Waals surface area contributed by atoms with E-state index in [9.17, 15) is 0 Å². The van der Waals surface area contributed by atoms with Crippen LogP contribution in [0, 0.1) is 0 Å². The highest BCUT2D eigenvalue weighted by molar-refractivity contribution is 5.27. The summed E-state index contributed by atoms with van der Waals surface area (Å²) < 4.78 is 5.72. The number of nitrogens with two attached hydrogens (primary N) is 1. The first-order chi connectivity index (χ1) is 10.2. The number of benzene rings is 1. The van der Waals surface area contributed by atoms with Gasteiger partial charge in [-0.2, -0.15) is 0 Å². The SMILES string of the molecule is CCC(CC)(c1ccccc1)C(N)CCCC1CCCO1. The van der Waals surface area contributed by atoms with E-state index in [0.717, 1.165) is 25.9 Å². The minimum Gasteiger partial charge on any atom is -0.378 e. The number of ether oxygens (including phenoxy) is 1. The number of hydrogen-bond donors (Lipinski definition) is 1. The summed E-state index contributed by atoms with van der Waals surface area (Å²) in [5.41, 5.74) is 8.18. The third kappa shape index (κ3) is 3.87. The summed E-state index contributed by atoms with van der Waals surface area (Å²) in [5.74, 6) is 0. The molecular weight excluding hydrogens is 258 g/mol. The number of hydrogen-bond acceptors (Lipinski definition) is 2. The zero-order chi connectivity index (χ0) is 15.1. The molecule has 1 saturated heterocycles. The lowest BCUT2D eigenvalue weighted by Gasteiger charge is -2.38. The molecule has 21 heavy (non-hydrogen) atoms. The van der Waals surface area contributed by atoms with E-state index in [0.29, 0.717) is 6.10 Å². The molecule has 1 aliphatic heterocycles. The fraction of sp³-hybridized carbons (Fsp3) is 0.684. The van der Waals surface area contributed by atoms with Crippen molar-refractivity contribution in [2.45, 2.75) is 76.4 Å². The van der Waals surface area contributed by atoms with Crippen molar-refractivity contribution in [3.63, 3.8) is 0 Å². The van der Waals surface area contributed by atoms with Gasteiger partial charge in [-0.3, -0.25) is 0 Å². The van der Waals surface area contributed by atoms with Gasteiger partial charge in [-0.15, -0.1) is 0 Å². The normalized spacial score (nSPS) is 20.6. The van der Waals surface area contributed by atoms with E-state index >= 15 is 0 Å². The number of rotatable bonds is 8. The molecule has 0 bridgehead atoms. The van der Waals surface area contributed by atoms with Crippen molar-refractivity contribution in [2.24, 2.45) is 5.73 Å². The summed E-state index contributed by atoms with van der Waals surface area (Å²) in [5, 5.41) is 0. The molecule has 2 unspecified atom stereocenters. The van der Waals surface area contributed by atoms with Crippen LogP contribution in [0.2, 0.25) is 0 Å². The highest BCUT2D eigenvalue weighted by Gasteiger charge is 2.34. The van der Waals surface area contributed by atoms with Crippen LogP contribution in [0.5, 0.6) is 0 Å². The molecule has 0 amide bonds. The lowest BCUT2D eigenvalue weighted by atomic mass is 9.69. The minimum absolute atomic E-state index is 0.123. The van der Waals surface area contributed by atoms with Gasteiger partial charge in [-0.05, 0) is 50.5 Å². The van der Waals surface area contributed by atoms with E-state index in [2.05, 4.69) is 44.2 Å². The van der Waals surface area contributed by atoms with E-state index < -0.39 is 0 Å². The summed E-state index contributed by atoms with van der Waals surface area (Å²) in [6.07, 6.45) is 8.62.